The minimum absolute atomic E-state index is 0.000333. The Morgan fingerprint density at radius 3 is 2.41 bits per heavy atom. The second-order valence-corrected chi connectivity index (χ2v) is 6.32. The predicted octanol–water partition coefficient (Wildman–Crippen LogP) is 4.27. The van der Waals surface area contributed by atoms with Gasteiger partial charge in [-0.25, -0.2) is 0 Å². The van der Waals surface area contributed by atoms with Crippen molar-refractivity contribution in [2.24, 2.45) is 0 Å². The number of ether oxygens (including phenoxy) is 2. The van der Waals surface area contributed by atoms with E-state index in [2.05, 4.69) is 5.32 Å². The minimum atomic E-state index is -0.438. The minimum Gasteiger partial charge on any atom is -0.493 e. The Hall–Kier alpha value is -3.26. The van der Waals surface area contributed by atoms with Crippen LogP contribution in [0, 0.1) is 11.3 Å². The molecule has 0 aliphatic rings. The number of para-hydroxylation sites is 1. The van der Waals surface area contributed by atoms with Crippen LogP contribution in [0.3, 0.4) is 0 Å². The summed E-state index contributed by atoms with van der Waals surface area (Å²) in [6.07, 6.45) is 1.44. The Labute approximate surface area is 160 Å². The van der Waals surface area contributed by atoms with Crippen LogP contribution in [0.2, 0.25) is 0 Å². The van der Waals surface area contributed by atoms with E-state index in [0.29, 0.717) is 17.1 Å². The van der Waals surface area contributed by atoms with Crippen LogP contribution in [0.5, 0.6) is 11.5 Å². The molecular formula is C22H24N2O3. The van der Waals surface area contributed by atoms with Gasteiger partial charge in [0.15, 0.2) is 11.5 Å². The van der Waals surface area contributed by atoms with Gasteiger partial charge >= 0.3 is 0 Å². The molecule has 0 unspecified atom stereocenters. The number of methoxy groups -OCH3 is 1. The molecule has 0 aliphatic heterocycles. The van der Waals surface area contributed by atoms with Gasteiger partial charge in [0.05, 0.1) is 19.3 Å². The molecule has 0 spiro atoms. The lowest BCUT2D eigenvalue weighted by atomic mass is 10.1. The molecule has 0 bridgehead atoms. The molecule has 140 valence electrons. The number of rotatable bonds is 7. The predicted molar refractivity (Wildman–Crippen MR) is 105 cm³/mol. The van der Waals surface area contributed by atoms with Crippen molar-refractivity contribution >= 4 is 12.0 Å². The quantitative estimate of drug-likeness (QED) is 0.588. The second-order valence-electron chi connectivity index (χ2n) is 6.32. The normalized spacial score (nSPS) is 12.2. The van der Waals surface area contributed by atoms with Crippen LogP contribution in [0.25, 0.3) is 6.08 Å². The molecule has 0 saturated heterocycles. The first-order valence-corrected chi connectivity index (χ1v) is 8.77. The van der Waals surface area contributed by atoms with Gasteiger partial charge in [-0.1, -0.05) is 42.5 Å². The Bertz CT molecular complexity index is 852. The maximum Gasteiger partial charge on any atom is 0.262 e. The summed E-state index contributed by atoms with van der Waals surface area (Å²) in [5.41, 5.74) is 1.58. The zero-order chi connectivity index (χ0) is 19.8. The molecule has 1 atom stereocenters. The number of carbonyl (C=O) groups is 1. The third-order valence-corrected chi connectivity index (χ3v) is 3.89. The van der Waals surface area contributed by atoms with E-state index in [4.69, 9.17) is 9.47 Å². The first kappa shape index (κ1) is 20.1. The van der Waals surface area contributed by atoms with Crippen LogP contribution < -0.4 is 14.8 Å². The maximum atomic E-state index is 12.6. The summed E-state index contributed by atoms with van der Waals surface area (Å²) in [5.74, 6) is 0.617. The number of hydrogen-bond donors (Lipinski definition) is 1. The second kappa shape index (κ2) is 9.44. The van der Waals surface area contributed by atoms with Gasteiger partial charge in [-0.2, -0.15) is 5.26 Å². The Morgan fingerprint density at radius 1 is 1.11 bits per heavy atom. The molecular weight excluding hydrogens is 340 g/mol. The number of carbonyl (C=O) groups excluding carboxylic acids is 1. The number of hydrogen-bond acceptors (Lipinski definition) is 4. The molecule has 5 nitrogen and oxygen atoms in total. The molecule has 0 fully saturated rings. The largest absolute Gasteiger partial charge is 0.493 e. The van der Waals surface area contributed by atoms with Gasteiger partial charge < -0.3 is 14.8 Å². The molecule has 2 aromatic rings. The third-order valence-electron chi connectivity index (χ3n) is 3.89. The lowest BCUT2D eigenvalue weighted by Crippen LogP contribution is -2.27. The zero-order valence-electron chi connectivity index (χ0n) is 16.0. The van der Waals surface area contributed by atoms with Crippen molar-refractivity contribution in [3.8, 4) is 17.6 Å². The van der Waals surface area contributed by atoms with Gasteiger partial charge in [0, 0.05) is 5.56 Å². The fraction of sp³-hybridized carbons (Fsp3) is 0.273. The standard InChI is InChI=1S/C22H24N2O3/c1-15(2)27-21-18(11-8-12-20(21)26-4)13-19(14-23)22(25)24-16(3)17-9-6-5-7-10-17/h5-13,15-16H,1-4H3,(H,24,25)/b19-13+/t16-/m1/s1. The van der Waals surface area contributed by atoms with Crippen molar-refractivity contribution in [2.75, 3.05) is 7.11 Å². The summed E-state index contributed by atoms with van der Waals surface area (Å²) < 4.78 is 11.2. The smallest absolute Gasteiger partial charge is 0.262 e. The first-order valence-electron chi connectivity index (χ1n) is 8.77. The highest BCUT2D eigenvalue weighted by Crippen LogP contribution is 2.33. The van der Waals surface area contributed by atoms with Crippen LogP contribution in [0.4, 0.5) is 0 Å². The van der Waals surface area contributed by atoms with Crippen molar-refractivity contribution in [3.05, 3.63) is 65.2 Å². The average molecular weight is 364 g/mol. The first-order chi connectivity index (χ1) is 13.0. The van der Waals surface area contributed by atoms with Gasteiger partial charge in [-0.3, -0.25) is 4.79 Å². The Kier molecular flexibility index (Phi) is 7.01. The van der Waals surface area contributed by atoms with E-state index >= 15 is 0 Å². The van der Waals surface area contributed by atoms with Crippen molar-refractivity contribution in [2.45, 2.75) is 32.9 Å². The fourth-order valence-corrected chi connectivity index (χ4v) is 2.57. The molecule has 1 amide bonds. The van der Waals surface area contributed by atoms with Crippen LogP contribution in [0.1, 0.15) is 37.9 Å². The number of nitrogens with zero attached hydrogens (tertiary/aromatic N) is 1. The highest BCUT2D eigenvalue weighted by Gasteiger charge is 2.16. The molecule has 0 saturated carbocycles. The van der Waals surface area contributed by atoms with E-state index in [1.807, 2.05) is 57.2 Å². The Morgan fingerprint density at radius 2 is 1.81 bits per heavy atom. The zero-order valence-corrected chi connectivity index (χ0v) is 16.0. The topological polar surface area (TPSA) is 71.3 Å². The fourth-order valence-electron chi connectivity index (χ4n) is 2.57. The molecule has 0 aliphatic carbocycles. The van der Waals surface area contributed by atoms with Gasteiger partial charge in [-0.15, -0.1) is 0 Å². The van der Waals surface area contributed by atoms with Crippen molar-refractivity contribution in [1.29, 1.82) is 5.26 Å². The van der Waals surface area contributed by atoms with Crippen molar-refractivity contribution in [1.82, 2.24) is 5.32 Å². The highest BCUT2D eigenvalue weighted by atomic mass is 16.5. The number of benzene rings is 2. The summed E-state index contributed by atoms with van der Waals surface area (Å²) in [5, 5.41) is 12.3. The summed E-state index contributed by atoms with van der Waals surface area (Å²) in [7, 11) is 1.55. The summed E-state index contributed by atoms with van der Waals surface area (Å²) in [4.78, 5) is 12.6. The van der Waals surface area contributed by atoms with Crippen LogP contribution in [-0.4, -0.2) is 19.1 Å². The number of amides is 1. The number of nitriles is 1. The van der Waals surface area contributed by atoms with Gasteiger partial charge in [0.2, 0.25) is 0 Å². The van der Waals surface area contributed by atoms with Crippen molar-refractivity contribution in [3.63, 3.8) is 0 Å². The average Bonchev–Trinajstić information content (AvgIpc) is 2.67. The van der Waals surface area contributed by atoms with E-state index in [0.717, 1.165) is 5.56 Å². The molecule has 0 aromatic heterocycles. The molecule has 0 heterocycles. The van der Waals surface area contributed by atoms with E-state index in [1.54, 1.807) is 25.3 Å². The molecule has 2 rings (SSSR count). The molecule has 5 heteroatoms. The van der Waals surface area contributed by atoms with Crippen LogP contribution >= 0.6 is 0 Å². The van der Waals surface area contributed by atoms with E-state index in [1.165, 1.54) is 6.08 Å². The monoisotopic (exact) mass is 364 g/mol. The molecule has 0 radical (unpaired) electrons. The van der Waals surface area contributed by atoms with E-state index in [-0.39, 0.29) is 17.7 Å². The Balaban J connectivity index is 2.30. The van der Waals surface area contributed by atoms with Crippen LogP contribution in [0.15, 0.2) is 54.1 Å². The lowest BCUT2D eigenvalue weighted by Gasteiger charge is -2.16. The molecule has 27 heavy (non-hydrogen) atoms. The number of nitrogens with one attached hydrogen (secondary N) is 1. The van der Waals surface area contributed by atoms with Gasteiger partial charge in [0.1, 0.15) is 11.6 Å². The maximum absolute atomic E-state index is 12.6. The summed E-state index contributed by atoms with van der Waals surface area (Å²) >= 11 is 0. The SMILES string of the molecule is COc1cccc(/C=C(\C#N)C(=O)N[C@H](C)c2ccccc2)c1OC(C)C. The summed E-state index contributed by atoms with van der Waals surface area (Å²) in [6, 6.07) is 16.7. The lowest BCUT2D eigenvalue weighted by molar-refractivity contribution is -0.117. The third kappa shape index (κ3) is 5.35. The molecule has 1 N–H and O–H groups in total. The van der Waals surface area contributed by atoms with E-state index < -0.39 is 5.91 Å². The van der Waals surface area contributed by atoms with Gasteiger partial charge in [-0.05, 0) is 38.5 Å². The summed E-state index contributed by atoms with van der Waals surface area (Å²) in [6.45, 7) is 5.68. The van der Waals surface area contributed by atoms with Crippen molar-refractivity contribution < 1.29 is 14.3 Å². The van der Waals surface area contributed by atoms with Crippen LogP contribution in [-0.2, 0) is 4.79 Å². The van der Waals surface area contributed by atoms with Gasteiger partial charge in [0.25, 0.3) is 5.91 Å². The highest BCUT2D eigenvalue weighted by molar-refractivity contribution is 6.02. The van der Waals surface area contributed by atoms with E-state index in [9.17, 15) is 10.1 Å². The molecule has 2 aromatic carbocycles.